The summed E-state index contributed by atoms with van der Waals surface area (Å²) in [6.07, 6.45) is 8.52. The predicted molar refractivity (Wildman–Crippen MR) is 78.5 cm³/mol. The van der Waals surface area contributed by atoms with Crippen LogP contribution in [0.1, 0.15) is 74.0 Å². The summed E-state index contributed by atoms with van der Waals surface area (Å²) in [6, 6.07) is 0. The summed E-state index contributed by atoms with van der Waals surface area (Å²) in [5.41, 5.74) is 8.12. The van der Waals surface area contributed by atoms with Crippen LogP contribution in [0.4, 0.5) is 5.69 Å². The number of nitrogens with zero attached hydrogens (tertiary/aromatic N) is 1. The minimum Gasteiger partial charge on any atom is -0.395 e. The van der Waals surface area contributed by atoms with E-state index in [1.165, 1.54) is 32.1 Å². The summed E-state index contributed by atoms with van der Waals surface area (Å²) in [7, 11) is 0. The van der Waals surface area contributed by atoms with Crippen LogP contribution >= 0.6 is 0 Å². The van der Waals surface area contributed by atoms with Gasteiger partial charge in [-0.15, -0.1) is 0 Å². The van der Waals surface area contributed by atoms with E-state index in [-0.39, 0.29) is 11.3 Å². The maximum absolute atomic E-state index is 12.2. The van der Waals surface area contributed by atoms with Crippen LogP contribution in [0.15, 0.2) is 0 Å². The smallest absolute Gasteiger partial charge is 0.273 e. The highest BCUT2D eigenvalue weighted by Gasteiger charge is 2.31. The molecule has 1 heterocycles. The number of nitrogens with one attached hydrogen (secondary N) is 2. The maximum Gasteiger partial charge on any atom is 0.273 e. The van der Waals surface area contributed by atoms with E-state index in [2.05, 4.69) is 22.4 Å². The number of nitrogen functional groups attached to an aromatic ring is 1. The van der Waals surface area contributed by atoms with Crippen molar-refractivity contribution >= 4 is 11.6 Å². The first-order chi connectivity index (χ1) is 9.59. The highest BCUT2D eigenvalue weighted by atomic mass is 16.1. The number of anilines is 1. The van der Waals surface area contributed by atoms with Crippen molar-refractivity contribution in [2.75, 3.05) is 12.3 Å². The van der Waals surface area contributed by atoms with Gasteiger partial charge in [-0.1, -0.05) is 26.2 Å². The van der Waals surface area contributed by atoms with E-state index in [0.29, 0.717) is 17.3 Å². The van der Waals surface area contributed by atoms with Crippen molar-refractivity contribution in [1.29, 1.82) is 0 Å². The fourth-order valence-electron chi connectivity index (χ4n) is 3.18. The van der Waals surface area contributed by atoms with E-state index < -0.39 is 0 Å². The molecule has 0 bridgehead atoms. The van der Waals surface area contributed by atoms with Gasteiger partial charge < -0.3 is 11.1 Å². The van der Waals surface area contributed by atoms with Crippen molar-refractivity contribution in [3.63, 3.8) is 0 Å². The second-order valence-electron chi connectivity index (χ2n) is 6.73. The standard InChI is InChI=1S/C15H24N4O/c1-15(7-3-2-4-8-15)9-17-14(20)13-11(16)12(18-19-13)10-5-6-10/h10H,2-9,16H2,1H3,(H,17,20)(H,18,19). The Bertz CT molecular complexity index is 498. The zero-order valence-corrected chi connectivity index (χ0v) is 12.2. The van der Waals surface area contributed by atoms with Crippen LogP contribution in [0.2, 0.25) is 0 Å². The molecule has 1 amide bonds. The summed E-state index contributed by atoms with van der Waals surface area (Å²) in [5.74, 6) is 0.345. The van der Waals surface area contributed by atoms with Gasteiger partial charge in [-0.05, 0) is 31.1 Å². The van der Waals surface area contributed by atoms with Crippen molar-refractivity contribution < 1.29 is 4.79 Å². The molecular formula is C15H24N4O. The molecule has 0 spiro atoms. The number of aromatic amines is 1. The number of hydrogen-bond donors (Lipinski definition) is 3. The molecule has 20 heavy (non-hydrogen) atoms. The first-order valence-electron chi connectivity index (χ1n) is 7.71. The monoisotopic (exact) mass is 276 g/mol. The molecule has 2 aliphatic carbocycles. The minimum absolute atomic E-state index is 0.141. The van der Waals surface area contributed by atoms with Crippen LogP contribution in [0.5, 0.6) is 0 Å². The molecule has 5 nitrogen and oxygen atoms in total. The Hall–Kier alpha value is -1.52. The van der Waals surface area contributed by atoms with E-state index in [1.54, 1.807) is 0 Å². The molecule has 0 unspecified atom stereocenters. The molecule has 2 saturated carbocycles. The lowest BCUT2D eigenvalue weighted by Crippen LogP contribution is -2.37. The van der Waals surface area contributed by atoms with Gasteiger partial charge >= 0.3 is 0 Å². The molecule has 1 aromatic heterocycles. The molecule has 2 fully saturated rings. The van der Waals surface area contributed by atoms with Gasteiger partial charge in [0.05, 0.1) is 11.4 Å². The van der Waals surface area contributed by atoms with Gasteiger partial charge in [0.15, 0.2) is 5.69 Å². The molecule has 3 rings (SSSR count). The summed E-state index contributed by atoms with van der Waals surface area (Å²) in [6.45, 7) is 2.98. The summed E-state index contributed by atoms with van der Waals surface area (Å²) in [4.78, 5) is 12.2. The Kier molecular flexibility index (Phi) is 3.44. The Morgan fingerprint density at radius 1 is 1.40 bits per heavy atom. The normalized spacial score (nSPS) is 21.6. The fourth-order valence-corrected chi connectivity index (χ4v) is 3.18. The lowest BCUT2D eigenvalue weighted by atomic mass is 9.76. The number of hydrogen-bond acceptors (Lipinski definition) is 3. The molecule has 110 valence electrons. The number of carbonyl (C=O) groups excluding carboxylic acids is 1. The highest BCUT2D eigenvalue weighted by molar-refractivity contribution is 5.97. The van der Waals surface area contributed by atoms with Crippen molar-refractivity contribution in [3.8, 4) is 0 Å². The number of H-pyrrole nitrogens is 1. The highest BCUT2D eigenvalue weighted by Crippen LogP contribution is 2.42. The van der Waals surface area contributed by atoms with Gasteiger partial charge in [0.1, 0.15) is 0 Å². The number of nitrogens with two attached hydrogens (primary N) is 1. The number of rotatable bonds is 4. The molecule has 1 aromatic rings. The van der Waals surface area contributed by atoms with Gasteiger partial charge in [0.2, 0.25) is 0 Å². The van der Waals surface area contributed by atoms with Crippen molar-refractivity contribution in [2.45, 2.75) is 57.8 Å². The lowest BCUT2D eigenvalue weighted by Gasteiger charge is -2.33. The quantitative estimate of drug-likeness (QED) is 0.790. The van der Waals surface area contributed by atoms with Gasteiger partial charge in [0.25, 0.3) is 5.91 Å². The Morgan fingerprint density at radius 2 is 2.10 bits per heavy atom. The molecule has 2 aliphatic rings. The predicted octanol–water partition coefficient (Wildman–Crippen LogP) is 2.57. The Labute approximate surface area is 119 Å². The topological polar surface area (TPSA) is 83.8 Å². The third-order valence-electron chi connectivity index (χ3n) is 4.77. The van der Waals surface area contributed by atoms with Crippen LogP contribution in [-0.4, -0.2) is 22.6 Å². The third kappa shape index (κ3) is 2.67. The average Bonchev–Trinajstić information content (AvgIpc) is 3.20. The van der Waals surface area contributed by atoms with Crippen LogP contribution in [0.25, 0.3) is 0 Å². The van der Waals surface area contributed by atoms with Crippen molar-refractivity contribution in [3.05, 3.63) is 11.4 Å². The molecule has 0 radical (unpaired) electrons. The van der Waals surface area contributed by atoms with Gasteiger partial charge in [-0.3, -0.25) is 9.89 Å². The van der Waals surface area contributed by atoms with Crippen LogP contribution in [0, 0.1) is 5.41 Å². The van der Waals surface area contributed by atoms with Crippen molar-refractivity contribution in [2.24, 2.45) is 5.41 Å². The van der Waals surface area contributed by atoms with Crippen LogP contribution in [0.3, 0.4) is 0 Å². The Morgan fingerprint density at radius 3 is 2.75 bits per heavy atom. The molecular weight excluding hydrogens is 252 g/mol. The SMILES string of the molecule is CC1(CNC(=O)c2n[nH]c(C3CC3)c2N)CCCCC1. The van der Waals surface area contributed by atoms with E-state index in [0.717, 1.165) is 25.1 Å². The van der Waals surface area contributed by atoms with Crippen LogP contribution < -0.4 is 11.1 Å². The molecule has 5 heteroatoms. The largest absolute Gasteiger partial charge is 0.395 e. The lowest BCUT2D eigenvalue weighted by molar-refractivity contribution is 0.0915. The first-order valence-corrected chi connectivity index (χ1v) is 7.71. The fraction of sp³-hybridized carbons (Fsp3) is 0.733. The third-order valence-corrected chi connectivity index (χ3v) is 4.77. The number of amides is 1. The minimum atomic E-state index is -0.141. The van der Waals surface area contributed by atoms with Gasteiger partial charge in [-0.2, -0.15) is 5.10 Å². The zero-order valence-electron chi connectivity index (χ0n) is 12.2. The molecule has 0 aliphatic heterocycles. The summed E-state index contributed by atoms with van der Waals surface area (Å²) >= 11 is 0. The van der Waals surface area contributed by atoms with E-state index >= 15 is 0 Å². The van der Waals surface area contributed by atoms with E-state index in [9.17, 15) is 4.79 Å². The zero-order chi connectivity index (χ0) is 14.2. The molecule has 4 N–H and O–H groups in total. The maximum atomic E-state index is 12.2. The molecule has 0 aromatic carbocycles. The van der Waals surface area contributed by atoms with Crippen LogP contribution in [-0.2, 0) is 0 Å². The van der Waals surface area contributed by atoms with E-state index in [4.69, 9.17) is 5.73 Å². The first kappa shape index (κ1) is 13.5. The van der Waals surface area contributed by atoms with Crippen molar-refractivity contribution in [1.82, 2.24) is 15.5 Å². The van der Waals surface area contributed by atoms with E-state index in [1.807, 2.05) is 0 Å². The number of aromatic nitrogens is 2. The second-order valence-corrected chi connectivity index (χ2v) is 6.73. The molecule has 0 saturated heterocycles. The summed E-state index contributed by atoms with van der Waals surface area (Å²) < 4.78 is 0. The average molecular weight is 276 g/mol. The Balaban J connectivity index is 1.61. The summed E-state index contributed by atoms with van der Waals surface area (Å²) in [5, 5.41) is 10.1. The van der Waals surface area contributed by atoms with Gasteiger partial charge in [0, 0.05) is 12.5 Å². The molecule has 0 atom stereocenters. The number of carbonyl (C=O) groups is 1. The van der Waals surface area contributed by atoms with Gasteiger partial charge in [-0.25, -0.2) is 0 Å². The second kappa shape index (κ2) is 5.11.